The maximum absolute atomic E-state index is 12.7. The molecule has 0 aliphatic rings. The van der Waals surface area contributed by atoms with E-state index in [2.05, 4.69) is 52.7 Å². The third-order valence-corrected chi connectivity index (χ3v) is 7.26. The molecule has 0 bridgehead atoms. The molecule has 0 amide bonds. The number of aryl methyl sites for hydroxylation is 2. The molecule has 0 aliphatic heterocycles. The van der Waals surface area contributed by atoms with Crippen LogP contribution in [0.3, 0.4) is 0 Å². The highest BCUT2D eigenvalue weighted by atomic mass is 16.6. The first kappa shape index (κ1) is 39.5. The molecule has 0 atom stereocenters. The van der Waals surface area contributed by atoms with Gasteiger partial charge in [0.2, 0.25) is 29.6 Å². The van der Waals surface area contributed by atoms with E-state index < -0.39 is 31.3 Å². The average molecular weight is 723 g/mol. The Morgan fingerprint density at radius 1 is 0.769 bits per heavy atom. The molecule has 17 heteroatoms. The summed E-state index contributed by atoms with van der Waals surface area (Å²) in [5, 5.41) is 24.3. The number of hydrogen-bond donors (Lipinski definition) is 3. The Morgan fingerprint density at radius 3 is 1.69 bits per heavy atom. The molecule has 0 aliphatic carbocycles. The zero-order valence-corrected chi connectivity index (χ0v) is 30.7. The zero-order chi connectivity index (χ0) is 37.5. The van der Waals surface area contributed by atoms with Gasteiger partial charge in [-0.15, -0.1) is 0 Å². The number of nitrogens with one attached hydrogen (secondary N) is 2. The first-order valence-electron chi connectivity index (χ1n) is 17.0. The fourth-order valence-electron chi connectivity index (χ4n) is 5.07. The Hall–Kier alpha value is -5.26. The molecule has 0 radical (unpaired) electrons. The number of aromatic nitrogens is 6. The highest BCUT2D eigenvalue weighted by Gasteiger charge is 2.29. The normalized spacial score (nSPS) is 11.3. The van der Waals surface area contributed by atoms with Crippen LogP contribution in [0.5, 0.6) is 11.5 Å². The van der Waals surface area contributed by atoms with Crippen LogP contribution in [0.4, 0.5) is 11.9 Å². The lowest BCUT2D eigenvalue weighted by Gasteiger charge is -2.12. The van der Waals surface area contributed by atoms with Crippen LogP contribution in [0, 0.1) is 0 Å². The Bertz CT molecular complexity index is 1620. The molecule has 2 aromatic carbocycles. The van der Waals surface area contributed by atoms with E-state index in [9.17, 15) is 9.59 Å². The second-order valence-corrected chi connectivity index (χ2v) is 12.6. The molecular formula is C35H50N10O7. The van der Waals surface area contributed by atoms with Gasteiger partial charge in [-0.2, -0.15) is 20.2 Å². The van der Waals surface area contributed by atoms with E-state index in [0.29, 0.717) is 51.0 Å². The van der Waals surface area contributed by atoms with Gasteiger partial charge in [-0.3, -0.25) is 0 Å². The van der Waals surface area contributed by atoms with Crippen LogP contribution in [0.15, 0.2) is 48.5 Å². The van der Waals surface area contributed by atoms with Crippen LogP contribution in [-0.4, -0.2) is 124 Å². The van der Waals surface area contributed by atoms with Gasteiger partial charge < -0.3 is 44.5 Å². The van der Waals surface area contributed by atoms with Crippen LogP contribution in [0.25, 0.3) is 0 Å². The Labute approximate surface area is 303 Å². The van der Waals surface area contributed by atoms with Gasteiger partial charge in [0.05, 0.1) is 13.2 Å². The van der Waals surface area contributed by atoms with E-state index in [1.165, 1.54) is 20.5 Å². The van der Waals surface area contributed by atoms with Crippen molar-refractivity contribution in [2.45, 2.75) is 32.0 Å². The van der Waals surface area contributed by atoms with Crippen LogP contribution < -0.4 is 20.1 Å². The molecule has 2 aromatic heterocycles. The molecule has 4 rings (SSSR count). The van der Waals surface area contributed by atoms with Crippen LogP contribution >= 0.6 is 0 Å². The SMILES string of the molecule is CN(C)Cc1cccc(OCCCNc2nc(C(OC(=O)COCC(=O)O)c3nc(NCCCOc4cccc(CN(C)C)c4)n(C)n3)nn2C)c1. The number of nitrogens with zero attached hydrogens (tertiary/aromatic N) is 8. The van der Waals surface area contributed by atoms with Crippen molar-refractivity contribution in [1.82, 2.24) is 39.3 Å². The smallest absolute Gasteiger partial charge is 0.333 e. The number of ether oxygens (including phenoxy) is 4. The van der Waals surface area contributed by atoms with Crippen LogP contribution in [0.1, 0.15) is 41.7 Å². The maximum atomic E-state index is 12.7. The highest BCUT2D eigenvalue weighted by molar-refractivity contribution is 5.72. The molecule has 4 aromatic rings. The van der Waals surface area contributed by atoms with Gasteiger partial charge in [-0.1, -0.05) is 24.3 Å². The van der Waals surface area contributed by atoms with Gasteiger partial charge in [0.25, 0.3) is 0 Å². The van der Waals surface area contributed by atoms with Crippen molar-refractivity contribution in [3.63, 3.8) is 0 Å². The minimum absolute atomic E-state index is 0.132. The third-order valence-electron chi connectivity index (χ3n) is 7.26. The van der Waals surface area contributed by atoms with E-state index in [0.717, 1.165) is 24.6 Å². The molecule has 0 spiro atoms. The maximum Gasteiger partial charge on any atom is 0.333 e. The van der Waals surface area contributed by atoms with Crippen molar-refractivity contribution >= 4 is 23.8 Å². The minimum Gasteiger partial charge on any atom is -0.494 e. The molecule has 282 valence electrons. The van der Waals surface area contributed by atoms with E-state index in [1.807, 2.05) is 64.6 Å². The van der Waals surface area contributed by atoms with Gasteiger partial charge in [0.1, 0.15) is 24.7 Å². The van der Waals surface area contributed by atoms with Crippen molar-refractivity contribution in [2.24, 2.45) is 14.1 Å². The molecule has 2 heterocycles. The van der Waals surface area contributed by atoms with E-state index in [4.69, 9.17) is 24.1 Å². The zero-order valence-electron chi connectivity index (χ0n) is 30.7. The number of carboxylic acids is 1. The first-order chi connectivity index (χ1) is 25.0. The lowest BCUT2D eigenvalue weighted by molar-refractivity contribution is -0.156. The summed E-state index contributed by atoms with van der Waals surface area (Å²) in [5.41, 5.74) is 2.34. The second-order valence-electron chi connectivity index (χ2n) is 12.6. The fraction of sp³-hybridized carbons (Fsp3) is 0.486. The molecule has 3 N–H and O–H groups in total. The van der Waals surface area contributed by atoms with Gasteiger partial charge in [-0.25, -0.2) is 19.0 Å². The summed E-state index contributed by atoms with van der Waals surface area (Å²) in [6.45, 7) is 2.47. The molecule has 17 nitrogen and oxygen atoms in total. The summed E-state index contributed by atoms with van der Waals surface area (Å²) in [5.74, 6) is 0.724. The number of carboxylic acid groups (broad SMARTS) is 1. The van der Waals surface area contributed by atoms with Crippen molar-refractivity contribution in [1.29, 1.82) is 0 Å². The average Bonchev–Trinajstić information content (AvgIpc) is 3.63. The van der Waals surface area contributed by atoms with Crippen molar-refractivity contribution in [3.8, 4) is 11.5 Å². The number of rotatable bonds is 23. The van der Waals surface area contributed by atoms with E-state index in [-0.39, 0.29) is 11.6 Å². The monoisotopic (exact) mass is 722 g/mol. The van der Waals surface area contributed by atoms with Crippen LogP contribution in [0.2, 0.25) is 0 Å². The Balaban J connectivity index is 1.35. The summed E-state index contributed by atoms with van der Waals surface area (Å²) in [4.78, 5) is 36.9. The lowest BCUT2D eigenvalue weighted by Crippen LogP contribution is -2.21. The summed E-state index contributed by atoms with van der Waals surface area (Å²) >= 11 is 0. The standard InChI is InChI=1S/C35H50N10O7/c1-42(2)21-25-11-7-13-27(19-25)50-17-9-15-36-34-38-32(40-44(34)5)31(52-30(48)24-49-23-29(46)47)33-39-35(45(6)41-33)37-16-10-18-51-28-14-8-12-26(20-28)22-43(3)4/h7-8,11-14,19-20,31H,9-10,15-18,21-24H2,1-6H3,(H,46,47)(H,36,38,40)(H,37,39,41). The number of carbonyl (C=O) groups is 2. The number of benzene rings is 2. The summed E-state index contributed by atoms with van der Waals surface area (Å²) in [6.07, 6.45) is 0.175. The van der Waals surface area contributed by atoms with Crippen LogP contribution in [-0.2, 0) is 46.2 Å². The quantitative estimate of drug-likeness (QED) is 0.0750. The van der Waals surface area contributed by atoms with Crippen molar-refractivity contribution in [2.75, 3.05) is 78.3 Å². The second kappa shape index (κ2) is 20.0. The summed E-state index contributed by atoms with van der Waals surface area (Å²) in [7, 11) is 11.5. The molecule has 0 fully saturated rings. The lowest BCUT2D eigenvalue weighted by atomic mass is 10.2. The van der Waals surface area contributed by atoms with Crippen molar-refractivity contribution in [3.05, 3.63) is 71.3 Å². The molecule has 0 unspecified atom stereocenters. The first-order valence-corrected chi connectivity index (χ1v) is 17.0. The van der Waals surface area contributed by atoms with E-state index >= 15 is 0 Å². The minimum atomic E-state index is -1.21. The van der Waals surface area contributed by atoms with Gasteiger partial charge in [0, 0.05) is 40.3 Å². The number of aliphatic carboxylic acids is 1. The summed E-state index contributed by atoms with van der Waals surface area (Å²) < 4.78 is 25.5. The van der Waals surface area contributed by atoms with E-state index in [1.54, 1.807) is 14.1 Å². The Kier molecular flexibility index (Phi) is 15.2. The topological polar surface area (TPSA) is 183 Å². The molecule has 0 saturated carbocycles. The van der Waals surface area contributed by atoms with Gasteiger partial charge >= 0.3 is 11.9 Å². The molecule has 0 saturated heterocycles. The fourth-order valence-corrected chi connectivity index (χ4v) is 5.07. The van der Waals surface area contributed by atoms with Gasteiger partial charge in [-0.05, 0) is 76.4 Å². The van der Waals surface area contributed by atoms with Crippen molar-refractivity contribution < 1.29 is 33.6 Å². The molecular weight excluding hydrogens is 672 g/mol. The largest absolute Gasteiger partial charge is 0.494 e. The number of esters is 1. The third kappa shape index (κ3) is 13.1. The number of carbonyl (C=O) groups excluding carboxylic acids is 1. The van der Waals surface area contributed by atoms with Gasteiger partial charge in [0.15, 0.2) is 0 Å². The number of anilines is 2. The summed E-state index contributed by atoms with van der Waals surface area (Å²) in [6, 6.07) is 16.0. The predicted octanol–water partition coefficient (Wildman–Crippen LogP) is 2.56. The Morgan fingerprint density at radius 2 is 1.25 bits per heavy atom. The molecule has 52 heavy (non-hydrogen) atoms. The predicted molar refractivity (Wildman–Crippen MR) is 193 cm³/mol. The number of hydrogen-bond acceptors (Lipinski definition) is 14. The highest BCUT2D eigenvalue weighted by Crippen LogP contribution is 2.24.